The van der Waals surface area contributed by atoms with Gasteiger partial charge in [0.15, 0.2) is 5.79 Å². The monoisotopic (exact) mass is 459 g/mol. The van der Waals surface area contributed by atoms with Crippen LogP contribution in [0.4, 0.5) is 0 Å². The van der Waals surface area contributed by atoms with E-state index in [0.29, 0.717) is 25.0 Å². The largest absolute Gasteiger partial charge is 0.462 e. The molecule has 1 aliphatic heterocycles. The lowest BCUT2D eigenvalue weighted by Gasteiger charge is -2.57. The molecule has 5 rings (SSSR count). The van der Waals surface area contributed by atoms with E-state index >= 15 is 0 Å². The summed E-state index contributed by atoms with van der Waals surface area (Å²) in [4.78, 5) is 16.5. The van der Waals surface area contributed by atoms with Crippen molar-refractivity contribution < 1.29 is 19.0 Å². The van der Waals surface area contributed by atoms with Gasteiger partial charge in [-0.05, 0) is 55.8 Å². The number of ether oxygens (including phenoxy) is 3. The minimum atomic E-state index is -0.491. The molecule has 7 nitrogen and oxygen atoms in total. The number of esters is 1. The van der Waals surface area contributed by atoms with Crippen LogP contribution < -0.4 is 0 Å². The minimum absolute atomic E-state index is 0.0688. The molecule has 2 heterocycles. The molecule has 0 unspecified atom stereocenters. The lowest BCUT2D eigenvalue weighted by molar-refractivity contribution is -0.252. The van der Waals surface area contributed by atoms with Crippen molar-refractivity contribution in [2.75, 3.05) is 13.2 Å². The van der Waals surface area contributed by atoms with E-state index < -0.39 is 5.79 Å². The minimum Gasteiger partial charge on any atom is -0.462 e. The van der Waals surface area contributed by atoms with E-state index in [1.807, 2.05) is 11.0 Å². The molecule has 1 saturated heterocycles. The molecule has 33 heavy (non-hydrogen) atoms. The first kappa shape index (κ1) is 23.3. The second-order valence-corrected chi connectivity index (χ2v) is 11.8. The standard InChI is InChI=1S/C26H41N3O4/c1-18-5-9-24(3,20(15-18)8-12-29-17-27-16-28-29)21-6-10-25(4)22(23(21)33-19(2)30)7-11-26(25)31-13-14-32-26/h16-18,20-23H,5-15H2,1-4H3/t18-,20-,21-,22-,23+,24-,25-/m0/s1. The van der Waals surface area contributed by atoms with Gasteiger partial charge in [0.1, 0.15) is 18.8 Å². The van der Waals surface area contributed by atoms with E-state index in [4.69, 9.17) is 14.2 Å². The molecule has 7 atom stereocenters. The number of fused-ring (bicyclic) bond motifs is 2. The first-order chi connectivity index (χ1) is 15.8. The summed E-state index contributed by atoms with van der Waals surface area (Å²) in [7, 11) is 0. The third kappa shape index (κ3) is 3.83. The van der Waals surface area contributed by atoms with E-state index in [1.165, 1.54) is 19.3 Å². The van der Waals surface area contributed by atoms with Crippen molar-refractivity contribution >= 4 is 5.97 Å². The third-order valence-electron chi connectivity index (χ3n) is 10.1. The quantitative estimate of drug-likeness (QED) is 0.599. The number of rotatable bonds is 5. The van der Waals surface area contributed by atoms with Crippen LogP contribution in [0, 0.1) is 34.5 Å². The Labute approximate surface area is 197 Å². The summed E-state index contributed by atoms with van der Waals surface area (Å²) in [5.41, 5.74) is 0.0380. The van der Waals surface area contributed by atoms with Crippen molar-refractivity contribution in [2.24, 2.45) is 34.5 Å². The van der Waals surface area contributed by atoms with Crippen LogP contribution in [0.1, 0.15) is 79.1 Å². The summed E-state index contributed by atoms with van der Waals surface area (Å²) < 4.78 is 20.7. The first-order valence-electron chi connectivity index (χ1n) is 13.0. The molecule has 1 spiro atoms. The second kappa shape index (κ2) is 8.63. The molecule has 3 saturated carbocycles. The number of nitrogens with zero attached hydrogens (tertiary/aromatic N) is 3. The van der Waals surface area contributed by atoms with Crippen LogP contribution in [0.25, 0.3) is 0 Å². The van der Waals surface area contributed by atoms with Crippen LogP contribution in [0.3, 0.4) is 0 Å². The normalized spacial score (nSPS) is 42.4. The van der Waals surface area contributed by atoms with Gasteiger partial charge in [-0.2, -0.15) is 5.10 Å². The zero-order valence-corrected chi connectivity index (χ0v) is 20.8. The zero-order valence-electron chi connectivity index (χ0n) is 20.8. The van der Waals surface area contributed by atoms with Gasteiger partial charge in [0.2, 0.25) is 0 Å². The number of carbonyl (C=O) groups excluding carboxylic acids is 1. The molecule has 1 aromatic rings. The smallest absolute Gasteiger partial charge is 0.302 e. The Bertz CT molecular complexity index is 839. The lowest BCUT2D eigenvalue weighted by Crippen LogP contribution is -2.58. The van der Waals surface area contributed by atoms with E-state index in [9.17, 15) is 4.79 Å². The molecule has 0 N–H and O–H groups in total. The summed E-state index contributed by atoms with van der Waals surface area (Å²) in [6.07, 6.45) is 12.2. The Kier molecular flexibility index (Phi) is 6.09. The molecule has 7 heteroatoms. The van der Waals surface area contributed by atoms with Crippen molar-refractivity contribution in [3.8, 4) is 0 Å². The molecule has 184 valence electrons. The molecule has 0 radical (unpaired) electrons. The number of carbonyl (C=O) groups is 1. The van der Waals surface area contributed by atoms with Crippen LogP contribution in [0.2, 0.25) is 0 Å². The predicted octanol–water partition coefficient (Wildman–Crippen LogP) is 4.61. The van der Waals surface area contributed by atoms with Gasteiger partial charge in [-0.1, -0.05) is 27.2 Å². The fraction of sp³-hybridized carbons (Fsp3) is 0.885. The highest BCUT2D eigenvalue weighted by atomic mass is 16.7. The Balaban J connectivity index is 1.43. The molecular formula is C26H41N3O4. The molecular weight excluding hydrogens is 418 g/mol. The number of aromatic nitrogens is 3. The highest BCUT2D eigenvalue weighted by Crippen LogP contribution is 2.65. The zero-order chi connectivity index (χ0) is 23.3. The fourth-order valence-electron chi connectivity index (χ4n) is 8.23. The van der Waals surface area contributed by atoms with E-state index in [0.717, 1.165) is 44.6 Å². The molecule has 0 bridgehead atoms. The van der Waals surface area contributed by atoms with Crippen LogP contribution in [-0.4, -0.2) is 45.8 Å². The van der Waals surface area contributed by atoms with Crippen molar-refractivity contribution in [3.05, 3.63) is 12.7 Å². The Morgan fingerprint density at radius 2 is 1.88 bits per heavy atom. The summed E-state index contributed by atoms with van der Waals surface area (Å²) in [6.45, 7) is 11.0. The molecule has 1 aromatic heterocycles. The average molecular weight is 460 g/mol. The van der Waals surface area contributed by atoms with E-state index in [1.54, 1.807) is 13.3 Å². The highest BCUT2D eigenvalue weighted by Gasteiger charge is 2.67. The first-order valence-corrected chi connectivity index (χ1v) is 13.0. The van der Waals surface area contributed by atoms with Crippen LogP contribution in [0.5, 0.6) is 0 Å². The van der Waals surface area contributed by atoms with Crippen molar-refractivity contribution in [3.63, 3.8) is 0 Å². The predicted molar refractivity (Wildman–Crippen MR) is 123 cm³/mol. The van der Waals surface area contributed by atoms with Gasteiger partial charge in [-0.15, -0.1) is 0 Å². The van der Waals surface area contributed by atoms with Crippen LogP contribution in [-0.2, 0) is 25.5 Å². The maximum atomic E-state index is 12.4. The van der Waals surface area contributed by atoms with Gasteiger partial charge < -0.3 is 14.2 Å². The Morgan fingerprint density at radius 1 is 1.12 bits per heavy atom. The van der Waals surface area contributed by atoms with E-state index in [2.05, 4.69) is 30.9 Å². The van der Waals surface area contributed by atoms with Crippen LogP contribution in [0.15, 0.2) is 12.7 Å². The maximum absolute atomic E-state index is 12.4. The molecule has 4 fully saturated rings. The van der Waals surface area contributed by atoms with Crippen molar-refractivity contribution in [1.29, 1.82) is 0 Å². The Hall–Kier alpha value is -1.47. The molecule has 0 amide bonds. The van der Waals surface area contributed by atoms with Gasteiger partial charge in [0, 0.05) is 37.1 Å². The molecule has 3 aliphatic carbocycles. The van der Waals surface area contributed by atoms with Gasteiger partial charge in [-0.3, -0.25) is 9.48 Å². The summed E-state index contributed by atoms with van der Waals surface area (Å²) in [5, 5.41) is 4.34. The van der Waals surface area contributed by atoms with E-state index in [-0.39, 0.29) is 28.8 Å². The third-order valence-corrected chi connectivity index (χ3v) is 10.1. The van der Waals surface area contributed by atoms with Gasteiger partial charge in [0.25, 0.3) is 0 Å². The summed E-state index contributed by atoms with van der Waals surface area (Å²) >= 11 is 0. The van der Waals surface area contributed by atoms with Crippen molar-refractivity contribution in [2.45, 2.75) is 97.5 Å². The summed E-state index contributed by atoms with van der Waals surface area (Å²) in [6, 6.07) is 0. The molecule has 0 aromatic carbocycles. The number of aryl methyl sites for hydroxylation is 1. The number of hydrogen-bond donors (Lipinski definition) is 0. The SMILES string of the molecule is CC(=O)O[C@@H]1[C@@H]([C@@]2(C)CC[C@H](C)C[C@@H]2CCn2cncn2)CC[C@@]2(C)[C@H]1CCC21OCCO1. The van der Waals surface area contributed by atoms with Gasteiger partial charge >= 0.3 is 5.97 Å². The Morgan fingerprint density at radius 3 is 2.58 bits per heavy atom. The maximum Gasteiger partial charge on any atom is 0.302 e. The average Bonchev–Trinajstić information content (AvgIpc) is 3.51. The second-order valence-electron chi connectivity index (χ2n) is 11.8. The molecule has 4 aliphatic rings. The van der Waals surface area contributed by atoms with Gasteiger partial charge in [0.05, 0.1) is 13.2 Å². The van der Waals surface area contributed by atoms with Crippen LogP contribution >= 0.6 is 0 Å². The summed E-state index contributed by atoms with van der Waals surface area (Å²) in [5.74, 6) is 1.31. The number of hydrogen-bond acceptors (Lipinski definition) is 6. The van der Waals surface area contributed by atoms with Crippen molar-refractivity contribution in [1.82, 2.24) is 14.8 Å². The van der Waals surface area contributed by atoms with Gasteiger partial charge in [-0.25, -0.2) is 4.98 Å². The topological polar surface area (TPSA) is 75.5 Å². The lowest BCUT2D eigenvalue weighted by atomic mass is 9.50. The highest BCUT2D eigenvalue weighted by molar-refractivity contribution is 5.66. The fourth-order valence-corrected chi connectivity index (χ4v) is 8.23.